The molecule has 3 heteroatoms. The van der Waals surface area contributed by atoms with Crippen LogP contribution in [0.3, 0.4) is 0 Å². The van der Waals surface area contributed by atoms with Crippen molar-refractivity contribution < 1.29 is 5.11 Å². The van der Waals surface area contributed by atoms with E-state index in [2.05, 4.69) is 15.8 Å². The van der Waals surface area contributed by atoms with Crippen LogP contribution in [0.1, 0.15) is 24.1 Å². The summed E-state index contributed by atoms with van der Waals surface area (Å²) in [6.07, 6.45) is 8.00. The first-order chi connectivity index (χ1) is 8.24. The summed E-state index contributed by atoms with van der Waals surface area (Å²) in [5.74, 6) is 4.39. The Morgan fingerprint density at radius 1 is 1.53 bits per heavy atom. The van der Waals surface area contributed by atoms with Gasteiger partial charge in [-0.2, -0.15) is 0 Å². The molecule has 17 heavy (non-hydrogen) atoms. The number of hydrogen-bond acceptors (Lipinski definition) is 3. The van der Waals surface area contributed by atoms with E-state index >= 15 is 0 Å². The van der Waals surface area contributed by atoms with Gasteiger partial charge in [0.05, 0.1) is 13.2 Å². The monoisotopic (exact) mass is 230 g/mol. The lowest BCUT2D eigenvalue weighted by Gasteiger charge is -2.22. The molecule has 2 rings (SSSR count). The number of nitrogens with zero attached hydrogens (tertiary/aromatic N) is 2. The molecule has 0 atom stereocenters. The van der Waals surface area contributed by atoms with Crippen LogP contribution >= 0.6 is 0 Å². The van der Waals surface area contributed by atoms with Crippen molar-refractivity contribution in [3.8, 4) is 12.3 Å². The maximum Gasteiger partial charge on any atom is 0.129 e. The lowest BCUT2D eigenvalue weighted by atomic mass is 10.2. The van der Waals surface area contributed by atoms with Crippen LogP contribution in [0.2, 0.25) is 0 Å². The van der Waals surface area contributed by atoms with E-state index < -0.39 is 0 Å². The van der Waals surface area contributed by atoms with E-state index in [1.165, 1.54) is 12.8 Å². The van der Waals surface area contributed by atoms with Crippen molar-refractivity contribution in [2.45, 2.75) is 26.4 Å². The highest BCUT2D eigenvalue weighted by Crippen LogP contribution is 2.31. The predicted molar refractivity (Wildman–Crippen MR) is 68.7 cm³/mol. The first kappa shape index (κ1) is 11.9. The minimum absolute atomic E-state index is 0.0386. The van der Waals surface area contributed by atoms with Crippen LogP contribution in [-0.4, -0.2) is 23.2 Å². The Hall–Kier alpha value is -1.53. The number of pyridine rings is 1. The van der Waals surface area contributed by atoms with Crippen LogP contribution in [0.25, 0.3) is 0 Å². The van der Waals surface area contributed by atoms with Gasteiger partial charge in [0.25, 0.3) is 0 Å². The van der Waals surface area contributed by atoms with E-state index in [1.807, 2.05) is 19.1 Å². The molecule has 0 saturated heterocycles. The van der Waals surface area contributed by atoms with E-state index in [1.54, 1.807) is 0 Å². The van der Waals surface area contributed by atoms with Crippen molar-refractivity contribution in [2.24, 2.45) is 5.92 Å². The number of aryl methyl sites for hydroxylation is 1. The Morgan fingerprint density at radius 3 is 2.82 bits per heavy atom. The van der Waals surface area contributed by atoms with Gasteiger partial charge < -0.3 is 10.0 Å². The average molecular weight is 230 g/mol. The van der Waals surface area contributed by atoms with E-state index in [-0.39, 0.29) is 6.61 Å². The second kappa shape index (κ2) is 5.20. The van der Waals surface area contributed by atoms with Crippen LogP contribution in [0.5, 0.6) is 0 Å². The van der Waals surface area contributed by atoms with Gasteiger partial charge in [-0.3, -0.25) is 0 Å². The molecule has 0 radical (unpaired) electrons. The van der Waals surface area contributed by atoms with Gasteiger partial charge in [0.1, 0.15) is 5.82 Å². The molecule has 0 aliphatic heterocycles. The number of aromatic nitrogens is 1. The van der Waals surface area contributed by atoms with Crippen LogP contribution < -0.4 is 4.90 Å². The zero-order valence-corrected chi connectivity index (χ0v) is 10.2. The van der Waals surface area contributed by atoms with Gasteiger partial charge in [-0.25, -0.2) is 4.98 Å². The van der Waals surface area contributed by atoms with Crippen molar-refractivity contribution in [1.29, 1.82) is 0 Å². The van der Waals surface area contributed by atoms with Crippen LogP contribution in [0.15, 0.2) is 12.1 Å². The lowest BCUT2D eigenvalue weighted by molar-refractivity contribution is 0.280. The van der Waals surface area contributed by atoms with Crippen LogP contribution in [0.4, 0.5) is 5.82 Å². The Kier molecular flexibility index (Phi) is 3.65. The van der Waals surface area contributed by atoms with Crippen molar-refractivity contribution in [2.75, 3.05) is 18.0 Å². The van der Waals surface area contributed by atoms with Crippen LogP contribution in [-0.2, 0) is 6.61 Å². The SMILES string of the molecule is C#CCN(CC1CC1)c1ccc(CO)c(C)n1. The largest absolute Gasteiger partial charge is 0.392 e. The number of aliphatic hydroxyl groups is 1. The molecule has 1 N–H and O–H groups in total. The highest BCUT2D eigenvalue weighted by Gasteiger charge is 2.24. The summed E-state index contributed by atoms with van der Waals surface area (Å²) >= 11 is 0. The highest BCUT2D eigenvalue weighted by molar-refractivity contribution is 5.43. The summed E-state index contributed by atoms with van der Waals surface area (Å²) < 4.78 is 0. The molecule has 1 heterocycles. The first-order valence-electron chi connectivity index (χ1n) is 6.00. The van der Waals surface area contributed by atoms with E-state index in [0.29, 0.717) is 6.54 Å². The van der Waals surface area contributed by atoms with Gasteiger partial charge in [0, 0.05) is 12.2 Å². The van der Waals surface area contributed by atoms with Gasteiger partial charge in [0.15, 0.2) is 0 Å². The smallest absolute Gasteiger partial charge is 0.129 e. The van der Waals surface area contributed by atoms with Gasteiger partial charge in [-0.15, -0.1) is 6.42 Å². The number of hydrogen-bond donors (Lipinski definition) is 1. The molecule has 1 aromatic rings. The second-order valence-electron chi connectivity index (χ2n) is 4.60. The summed E-state index contributed by atoms with van der Waals surface area (Å²) in [4.78, 5) is 6.66. The molecule has 0 aromatic carbocycles. The molecule has 1 fully saturated rings. The molecule has 0 bridgehead atoms. The molecular formula is C14H18N2O. The average Bonchev–Trinajstić information content (AvgIpc) is 3.12. The van der Waals surface area contributed by atoms with Gasteiger partial charge in [-0.05, 0) is 37.3 Å². The molecule has 0 unspecified atom stereocenters. The second-order valence-corrected chi connectivity index (χ2v) is 4.60. The number of rotatable bonds is 5. The number of aliphatic hydroxyl groups excluding tert-OH is 1. The Bertz CT molecular complexity index is 432. The Labute approximate surface area is 102 Å². The molecular weight excluding hydrogens is 212 g/mol. The molecule has 1 aromatic heterocycles. The van der Waals surface area contributed by atoms with Gasteiger partial charge in [0.2, 0.25) is 0 Å². The predicted octanol–water partition coefficient (Wildman–Crippen LogP) is 1.73. The zero-order chi connectivity index (χ0) is 12.3. The third-order valence-electron chi connectivity index (χ3n) is 3.13. The molecule has 3 nitrogen and oxygen atoms in total. The summed E-state index contributed by atoms with van der Waals surface area (Å²) in [7, 11) is 0. The fourth-order valence-corrected chi connectivity index (χ4v) is 1.88. The standard InChI is InChI=1S/C14H18N2O/c1-3-8-16(9-12-4-5-12)14-7-6-13(10-17)11(2)15-14/h1,6-7,12,17H,4-5,8-10H2,2H3. The quantitative estimate of drug-likeness (QED) is 0.783. The number of terminal acetylenes is 1. The summed E-state index contributed by atoms with van der Waals surface area (Å²) in [5.41, 5.74) is 1.75. The minimum atomic E-state index is 0.0386. The minimum Gasteiger partial charge on any atom is -0.392 e. The maximum absolute atomic E-state index is 9.12. The molecule has 90 valence electrons. The Balaban J connectivity index is 2.16. The maximum atomic E-state index is 9.12. The summed E-state index contributed by atoms with van der Waals surface area (Å²) in [6.45, 7) is 3.55. The van der Waals surface area contributed by atoms with Crippen molar-refractivity contribution >= 4 is 5.82 Å². The van der Waals surface area contributed by atoms with Crippen molar-refractivity contribution in [3.05, 3.63) is 23.4 Å². The van der Waals surface area contributed by atoms with Gasteiger partial charge in [-0.1, -0.05) is 12.0 Å². The normalized spacial score (nSPS) is 14.4. The summed E-state index contributed by atoms with van der Waals surface area (Å²) in [6, 6.07) is 3.87. The summed E-state index contributed by atoms with van der Waals surface area (Å²) in [5, 5.41) is 9.12. The molecule has 0 amide bonds. The molecule has 1 saturated carbocycles. The van der Waals surface area contributed by atoms with E-state index in [9.17, 15) is 0 Å². The van der Waals surface area contributed by atoms with E-state index in [4.69, 9.17) is 11.5 Å². The lowest BCUT2D eigenvalue weighted by Crippen LogP contribution is -2.27. The fourth-order valence-electron chi connectivity index (χ4n) is 1.88. The van der Waals surface area contributed by atoms with Crippen molar-refractivity contribution in [1.82, 2.24) is 4.98 Å². The topological polar surface area (TPSA) is 36.4 Å². The number of anilines is 1. The highest BCUT2D eigenvalue weighted by atomic mass is 16.3. The zero-order valence-electron chi connectivity index (χ0n) is 10.2. The van der Waals surface area contributed by atoms with Crippen molar-refractivity contribution in [3.63, 3.8) is 0 Å². The van der Waals surface area contributed by atoms with Crippen LogP contribution in [0, 0.1) is 25.2 Å². The molecule has 0 spiro atoms. The van der Waals surface area contributed by atoms with Gasteiger partial charge >= 0.3 is 0 Å². The molecule has 1 aliphatic carbocycles. The van der Waals surface area contributed by atoms with E-state index in [0.717, 1.165) is 29.5 Å². The third kappa shape index (κ3) is 2.98. The first-order valence-corrected chi connectivity index (χ1v) is 6.00. The third-order valence-corrected chi connectivity index (χ3v) is 3.13. The molecule has 1 aliphatic rings. The Morgan fingerprint density at radius 2 is 2.29 bits per heavy atom. The fraction of sp³-hybridized carbons (Fsp3) is 0.500.